The Morgan fingerprint density at radius 1 is 1.30 bits per heavy atom. The van der Waals surface area contributed by atoms with Crippen LogP contribution in [0, 0.1) is 11.6 Å². The van der Waals surface area contributed by atoms with Gasteiger partial charge in [0.15, 0.2) is 11.6 Å². The lowest BCUT2D eigenvalue weighted by atomic mass is 10.1. The molecule has 2 rings (SSSR count). The van der Waals surface area contributed by atoms with Gasteiger partial charge in [-0.15, -0.1) is 0 Å². The van der Waals surface area contributed by atoms with Gasteiger partial charge in [0.2, 0.25) is 0 Å². The lowest BCUT2D eigenvalue weighted by Crippen LogP contribution is -2.42. The van der Waals surface area contributed by atoms with Gasteiger partial charge in [-0.25, -0.2) is 13.6 Å². The van der Waals surface area contributed by atoms with Crippen LogP contribution in [0.2, 0.25) is 0 Å². The normalized spacial score (nSPS) is 16.2. The molecule has 1 aliphatic rings. The molecule has 1 heterocycles. The van der Waals surface area contributed by atoms with Crippen molar-refractivity contribution >= 4 is 11.8 Å². The first-order valence-corrected chi connectivity index (χ1v) is 7.65. The van der Waals surface area contributed by atoms with E-state index < -0.39 is 23.3 Å². The van der Waals surface area contributed by atoms with Crippen molar-refractivity contribution < 1.29 is 18.3 Å². The minimum atomic E-state index is -1.08. The van der Waals surface area contributed by atoms with Crippen LogP contribution in [0.3, 0.4) is 0 Å². The molecule has 0 unspecified atom stereocenters. The maximum atomic E-state index is 13.9. The van der Waals surface area contributed by atoms with Gasteiger partial charge in [0, 0.05) is 32.7 Å². The summed E-state index contributed by atoms with van der Waals surface area (Å²) in [5, 5.41) is 5.51. The average molecular weight is 327 g/mol. The molecular formula is C16H23F2N3O2. The summed E-state index contributed by atoms with van der Waals surface area (Å²) in [6.07, 6.45) is -0.810. The number of carbonyl (C=O) groups excluding carboxylic acids is 1. The number of anilines is 1. The molecule has 1 aliphatic heterocycles. The van der Waals surface area contributed by atoms with Gasteiger partial charge in [-0.1, -0.05) is 0 Å². The van der Waals surface area contributed by atoms with E-state index in [1.54, 1.807) is 20.8 Å². The zero-order chi connectivity index (χ0) is 17.0. The monoisotopic (exact) mass is 327 g/mol. The van der Waals surface area contributed by atoms with Gasteiger partial charge in [0.05, 0.1) is 5.69 Å². The van der Waals surface area contributed by atoms with E-state index in [1.807, 2.05) is 0 Å². The van der Waals surface area contributed by atoms with Crippen molar-refractivity contribution in [1.82, 2.24) is 10.2 Å². The average Bonchev–Trinajstić information content (AvgIpc) is 2.43. The van der Waals surface area contributed by atoms with Crippen LogP contribution in [0.4, 0.5) is 19.3 Å². The van der Waals surface area contributed by atoms with Crippen LogP contribution in [0.1, 0.15) is 26.3 Å². The lowest BCUT2D eigenvalue weighted by Gasteiger charge is -2.27. The Labute approximate surface area is 135 Å². The second-order valence-corrected chi connectivity index (χ2v) is 6.59. The molecule has 1 amide bonds. The third kappa shape index (κ3) is 5.44. The number of rotatable bonds is 3. The lowest BCUT2D eigenvalue weighted by molar-refractivity contribution is 0.0635. The number of amides is 1. The Morgan fingerprint density at radius 2 is 1.96 bits per heavy atom. The fraction of sp³-hybridized carbons (Fsp3) is 0.562. The predicted molar refractivity (Wildman–Crippen MR) is 84.4 cm³/mol. The molecule has 0 spiro atoms. The molecule has 128 valence electrons. The predicted octanol–water partition coefficient (Wildman–Crippen LogP) is 2.72. The van der Waals surface area contributed by atoms with E-state index in [4.69, 9.17) is 4.74 Å². The number of nitrogens with one attached hydrogen (secondary N) is 2. The van der Waals surface area contributed by atoms with Crippen molar-refractivity contribution in [3.05, 3.63) is 29.3 Å². The number of hydrogen-bond acceptors (Lipinski definition) is 4. The van der Waals surface area contributed by atoms with E-state index in [0.29, 0.717) is 12.1 Å². The van der Waals surface area contributed by atoms with Gasteiger partial charge in [-0.05, 0) is 38.5 Å². The third-order valence-corrected chi connectivity index (χ3v) is 3.34. The zero-order valence-corrected chi connectivity index (χ0v) is 13.7. The molecular weight excluding hydrogens is 304 g/mol. The largest absolute Gasteiger partial charge is 0.444 e. The van der Waals surface area contributed by atoms with Crippen LogP contribution in [-0.2, 0) is 11.3 Å². The first-order chi connectivity index (χ1) is 10.7. The molecule has 23 heavy (non-hydrogen) atoms. The van der Waals surface area contributed by atoms with Crippen molar-refractivity contribution in [2.75, 3.05) is 31.5 Å². The van der Waals surface area contributed by atoms with Crippen molar-refractivity contribution in [3.63, 3.8) is 0 Å². The number of carbonyl (C=O) groups is 1. The Kier molecular flexibility index (Phi) is 5.54. The van der Waals surface area contributed by atoms with E-state index >= 15 is 0 Å². The van der Waals surface area contributed by atoms with E-state index in [2.05, 4.69) is 15.5 Å². The highest BCUT2D eigenvalue weighted by Gasteiger charge is 2.20. The van der Waals surface area contributed by atoms with Crippen LogP contribution in [0.25, 0.3) is 0 Å². The molecule has 1 saturated heterocycles. The first kappa shape index (κ1) is 17.6. The van der Waals surface area contributed by atoms with Crippen LogP contribution in [-0.4, -0.2) is 42.8 Å². The summed E-state index contributed by atoms with van der Waals surface area (Å²) in [6.45, 7) is 9.02. The standard InChI is InChI=1S/C16H23F2N3O2/c1-16(2,3)23-15(22)20-13-9-11(8-12(17)14(13)18)10-21-6-4-19-5-7-21/h8-9,19H,4-7,10H2,1-3H3,(H,20,22). The van der Waals surface area contributed by atoms with E-state index in [1.165, 1.54) is 6.07 Å². The van der Waals surface area contributed by atoms with Gasteiger partial charge < -0.3 is 10.1 Å². The highest BCUT2D eigenvalue weighted by molar-refractivity contribution is 5.85. The van der Waals surface area contributed by atoms with Gasteiger partial charge in [0.1, 0.15) is 5.60 Å². The quantitative estimate of drug-likeness (QED) is 0.896. The topological polar surface area (TPSA) is 53.6 Å². The molecule has 0 bridgehead atoms. The molecule has 5 nitrogen and oxygen atoms in total. The summed E-state index contributed by atoms with van der Waals surface area (Å²) in [5.74, 6) is -2.07. The summed E-state index contributed by atoms with van der Waals surface area (Å²) in [4.78, 5) is 13.9. The Hall–Kier alpha value is -1.73. The maximum Gasteiger partial charge on any atom is 0.412 e. The summed E-state index contributed by atoms with van der Waals surface area (Å²) >= 11 is 0. The third-order valence-electron chi connectivity index (χ3n) is 3.34. The number of ether oxygens (including phenoxy) is 1. The summed E-state index contributed by atoms with van der Waals surface area (Å²) in [5.41, 5.74) is -0.307. The fourth-order valence-electron chi connectivity index (χ4n) is 2.37. The molecule has 1 aromatic rings. The number of piperazine rings is 1. The number of benzene rings is 1. The number of nitrogens with zero attached hydrogens (tertiary/aromatic N) is 1. The summed E-state index contributed by atoms with van der Waals surface area (Å²) in [6, 6.07) is 2.61. The highest BCUT2D eigenvalue weighted by Crippen LogP contribution is 2.22. The van der Waals surface area contributed by atoms with Crippen molar-refractivity contribution in [3.8, 4) is 0 Å². The molecule has 0 aliphatic carbocycles. The van der Waals surface area contributed by atoms with E-state index in [9.17, 15) is 13.6 Å². The van der Waals surface area contributed by atoms with Gasteiger partial charge in [-0.2, -0.15) is 0 Å². The molecule has 1 aromatic carbocycles. The first-order valence-electron chi connectivity index (χ1n) is 7.65. The zero-order valence-electron chi connectivity index (χ0n) is 13.7. The summed E-state index contributed by atoms with van der Waals surface area (Å²) < 4.78 is 32.7. The second-order valence-electron chi connectivity index (χ2n) is 6.59. The van der Waals surface area contributed by atoms with Crippen molar-refractivity contribution in [2.45, 2.75) is 32.9 Å². The molecule has 7 heteroatoms. The van der Waals surface area contributed by atoms with Crippen molar-refractivity contribution in [2.24, 2.45) is 0 Å². The van der Waals surface area contributed by atoms with Crippen LogP contribution in [0.15, 0.2) is 12.1 Å². The highest BCUT2D eigenvalue weighted by atomic mass is 19.2. The second kappa shape index (κ2) is 7.23. The smallest absolute Gasteiger partial charge is 0.412 e. The van der Waals surface area contributed by atoms with Crippen LogP contribution in [0.5, 0.6) is 0 Å². The minimum absolute atomic E-state index is 0.204. The molecule has 2 N–H and O–H groups in total. The number of hydrogen-bond donors (Lipinski definition) is 2. The van der Waals surface area contributed by atoms with Crippen LogP contribution >= 0.6 is 0 Å². The molecule has 0 radical (unpaired) electrons. The fourth-order valence-corrected chi connectivity index (χ4v) is 2.37. The Morgan fingerprint density at radius 3 is 2.57 bits per heavy atom. The number of halogens is 2. The Balaban J connectivity index is 2.10. The van der Waals surface area contributed by atoms with E-state index in [-0.39, 0.29) is 5.69 Å². The van der Waals surface area contributed by atoms with Gasteiger partial charge in [0.25, 0.3) is 0 Å². The molecule has 0 aromatic heterocycles. The minimum Gasteiger partial charge on any atom is -0.444 e. The van der Waals surface area contributed by atoms with Gasteiger partial charge in [-0.3, -0.25) is 10.2 Å². The van der Waals surface area contributed by atoms with E-state index in [0.717, 1.165) is 32.2 Å². The molecule has 0 atom stereocenters. The van der Waals surface area contributed by atoms with Gasteiger partial charge >= 0.3 is 6.09 Å². The SMILES string of the molecule is CC(C)(C)OC(=O)Nc1cc(CN2CCNCC2)cc(F)c1F. The maximum absolute atomic E-state index is 13.9. The molecule has 1 fully saturated rings. The summed E-state index contributed by atoms with van der Waals surface area (Å²) in [7, 11) is 0. The Bertz CT molecular complexity index is 567. The molecule has 0 saturated carbocycles. The van der Waals surface area contributed by atoms with Crippen LogP contribution < -0.4 is 10.6 Å². The van der Waals surface area contributed by atoms with Crippen molar-refractivity contribution in [1.29, 1.82) is 0 Å².